The van der Waals surface area contributed by atoms with Gasteiger partial charge in [0.15, 0.2) is 11.5 Å². The molecule has 2 rings (SSSR count). The summed E-state index contributed by atoms with van der Waals surface area (Å²) in [7, 11) is 0.0500. The van der Waals surface area contributed by atoms with E-state index in [9.17, 15) is 4.79 Å². The van der Waals surface area contributed by atoms with Crippen LogP contribution >= 0.6 is 0 Å². The monoisotopic (exact) mass is 324 g/mol. The average Bonchev–Trinajstić information content (AvgIpc) is 3.07. The lowest BCUT2D eigenvalue weighted by molar-refractivity contribution is 0.0988. The van der Waals surface area contributed by atoms with Crippen molar-refractivity contribution < 1.29 is 28.4 Å². The number of hydrogen-bond acceptors (Lipinski definition) is 10. The van der Waals surface area contributed by atoms with Gasteiger partial charge in [-0.2, -0.15) is 4.98 Å². The molecule has 0 radical (unpaired) electrons. The van der Waals surface area contributed by atoms with E-state index in [-0.39, 0.29) is 23.6 Å². The summed E-state index contributed by atoms with van der Waals surface area (Å²) in [4.78, 5) is 18.2. The summed E-state index contributed by atoms with van der Waals surface area (Å²) in [5, 5.41) is 22.8. The Balaban J connectivity index is 0.000000231. The van der Waals surface area contributed by atoms with Gasteiger partial charge >= 0.3 is 20.0 Å². The molecule has 0 aliphatic carbocycles. The van der Waals surface area contributed by atoms with Crippen molar-refractivity contribution in [3.05, 3.63) is 18.2 Å². The Hall–Kier alpha value is -2.46. The molecule has 2 aromatic heterocycles. The molecule has 2 heterocycles. The molecule has 0 atom stereocenters. The second-order valence-corrected chi connectivity index (χ2v) is 4.42. The first kappa shape index (κ1) is 18.6. The zero-order valence-electron chi connectivity index (χ0n) is 13.2. The maximum atomic E-state index is 10.7. The molecule has 0 aromatic carbocycles. The molecule has 0 saturated carbocycles. The predicted octanol–water partition coefficient (Wildman–Crippen LogP) is 0.605. The lowest BCUT2D eigenvalue weighted by atomic mass is 9.90. The van der Waals surface area contributed by atoms with E-state index in [1.807, 2.05) is 0 Å². The summed E-state index contributed by atoms with van der Waals surface area (Å²) < 4.78 is 14.6. The summed E-state index contributed by atoms with van der Waals surface area (Å²) in [6, 6.07) is 0.395. The van der Waals surface area contributed by atoms with Crippen LogP contribution in [0.15, 0.2) is 21.2 Å². The first-order valence-corrected chi connectivity index (χ1v) is 6.67. The number of ketones is 1. The van der Waals surface area contributed by atoms with Crippen molar-refractivity contribution in [1.82, 2.24) is 9.97 Å². The van der Waals surface area contributed by atoms with Gasteiger partial charge in [-0.1, -0.05) is 0 Å². The highest BCUT2D eigenvalue weighted by atomic mass is 16.6. The van der Waals surface area contributed by atoms with Crippen molar-refractivity contribution in [1.29, 1.82) is 0 Å². The van der Waals surface area contributed by atoms with E-state index in [1.54, 1.807) is 6.82 Å². The van der Waals surface area contributed by atoms with E-state index >= 15 is 0 Å². The van der Waals surface area contributed by atoms with Crippen molar-refractivity contribution in [2.75, 3.05) is 17.6 Å². The van der Waals surface area contributed by atoms with Gasteiger partial charge < -0.3 is 34.1 Å². The molecule has 10 nitrogen and oxygen atoms in total. The molecule has 124 valence electrons. The van der Waals surface area contributed by atoms with Crippen LogP contribution in [0.2, 0.25) is 13.6 Å². The Labute approximate surface area is 133 Å². The zero-order chi connectivity index (χ0) is 17.4. The van der Waals surface area contributed by atoms with Gasteiger partial charge in [-0.15, -0.1) is 0 Å². The summed E-state index contributed by atoms with van der Waals surface area (Å²) in [6.45, 7) is 4.47. The molecule has 0 aliphatic heterocycles. The van der Waals surface area contributed by atoms with Crippen LogP contribution in [-0.2, 0) is 0 Å². The first-order chi connectivity index (χ1) is 10.8. The van der Waals surface area contributed by atoms with E-state index in [0.29, 0.717) is 5.95 Å². The molecule has 0 amide bonds. The molecular weight excluding hydrogens is 306 g/mol. The third kappa shape index (κ3) is 6.89. The average molecular weight is 324 g/mol. The number of carbonyl (C=O) groups excluding carboxylic acids is 1. The summed E-state index contributed by atoms with van der Waals surface area (Å²) in [6.07, 6.45) is 2.73. The minimum Gasteiger partial charge on any atom is -0.467 e. The number of nitrogens with zero attached hydrogens (tertiary/aromatic N) is 2. The molecule has 0 saturated heterocycles. The lowest BCUT2D eigenvalue weighted by Crippen LogP contribution is -2.19. The third-order valence-corrected chi connectivity index (χ3v) is 2.20. The van der Waals surface area contributed by atoms with Crippen LogP contribution in [-0.4, -0.2) is 47.0 Å². The van der Waals surface area contributed by atoms with Crippen LogP contribution in [0.1, 0.15) is 17.5 Å². The maximum absolute atomic E-state index is 10.7. The zero-order valence-corrected chi connectivity index (χ0v) is 13.2. The van der Waals surface area contributed by atoms with Gasteiger partial charge in [-0.05, 0) is 13.6 Å². The Morgan fingerprint density at radius 3 is 2.04 bits per heavy atom. The largest absolute Gasteiger partial charge is 0.467 e. The van der Waals surface area contributed by atoms with Gasteiger partial charge in [0.2, 0.25) is 0 Å². The van der Waals surface area contributed by atoms with E-state index in [2.05, 4.69) is 20.4 Å². The number of Topliss-reactive ketones (excluding diaryl/α,β-unsaturated/α-hetero) is 1. The Bertz CT molecular complexity index is 615. The normalized spacial score (nSPS) is 9.48. The quantitative estimate of drug-likeness (QED) is 0.440. The highest BCUT2D eigenvalue weighted by molar-refractivity contribution is 6.52. The van der Waals surface area contributed by atoms with E-state index < -0.39 is 14.1 Å². The molecule has 23 heavy (non-hydrogen) atoms. The van der Waals surface area contributed by atoms with Crippen LogP contribution in [0.25, 0.3) is 0 Å². The van der Waals surface area contributed by atoms with Crippen molar-refractivity contribution in [3.8, 4) is 5.95 Å². The first-order valence-electron chi connectivity index (χ1n) is 6.67. The smallest absolute Gasteiger partial charge is 0.410 e. The van der Waals surface area contributed by atoms with Gasteiger partial charge in [0.05, 0.1) is 13.3 Å². The number of nitrogens with one attached hydrogen (secondary N) is 2. The molecule has 4 N–H and O–H groups in total. The minimum absolute atomic E-state index is 0.148. The molecule has 0 fully saturated rings. The second kappa shape index (κ2) is 8.86. The van der Waals surface area contributed by atoms with E-state index in [4.69, 9.17) is 23.6 Å². The van der Waals surface area contributed by atoms with Crippen molar-refractivity contribution in [2.24, 2.45) is 0 Å². The fraction of sp³-hybridized carbons (Fsp3) is 0.364. The van der Waals surface area contributed by atoms with E-state index in [0.717, 1.165) is 0 Å². The number of ether oxygens (including phenoxy) is 1. The third-order valence-electron chi connectivity index (χ3n) is 2.20. The van der Waals surface area contributed by atoms with Gasteiger partial charge in [0, 0.05) is 6.92 Å². The summed E-state index contributed by atoms with van der Waals surface area (Å²) >= 11 is 0. The fourth-order valence-corrected chi connectivity index (χ4v) is 1.28. The number of hydrogen-bond donors (Lipinski definition) is 4. The van der Waals surface area contributed by atoms with Crippen LogP contribution in [0.3, 0.4) is 0 Å². The standard InChI is InChI=1S/C6H9BN2O3.C5H9BN2O3/c1-4(10)5-3-8-6(12-5)9-7(2)11;1-6(9)8-5-7-3-4(10-2)11-5/h3,11H,1-2H3,(H,8,9);3,9H,1-2H3,(H,7,8). The Morgan fingerprint density at radius 1 is 1.13 bits per heavy atom. The number of aromatic nitrogens is 2. The van der Waals surface area contributed by atoms with Crippen LogP contribution in [0.4, 0.5) is 12.0 Å². The van der Waals surface area contributed by atoms with Crippen LogP contribution in [0.5, 0.6) is 5.95 Å². The molecule has 0 bridgehead atoms. The molecule has 2 aromatic rings. The van der Waals surface area contributed by atoms with Gasteiger partial charge in [0.1, 0.15) is 6.20 Å². The molecule has 0 spiro atoms. The van der Waals surface area contributed by atoms with Crippen molar-refractivity contribution in [3.63, 3.8) is 0 Å². The Morgan fingerprint density at radius 2 is 1.65 bits per heavy atom. The molecular formula is C11H18B2N4O6. The van der Waals surface area contributed by atoms with Crippen molar-refractivity contribution in [2.45, 2.75) is 20.6 Å². The van der Waals surface area contributed by atoms with Gasteiger partial charge in [0.25, 0.3) is 12.0 Å². The van der Waals surface area contributed by atoms with Gasteiger partial charge in [-0.25, -0.2) is 4.98 Å². The van der Waals surface area contributed by atoms with Crippen molar-refractivity contribution >= 4 is 31.9 Å². The molecule has 0 unspecified atom stereocenters. The number of oxazole rings is 2. The fourth-order valence-electron chi connectivity index (χ4n) is 1.28. The minimum atomic E-state index is -0.747. The van der Waals surface area contributed by atoms with E-state index in [1.165, 1.54) is 33.3 Å². The van der Waals surface area contributed by atoms with Crippen LogP contribution in [0, 0.1) is 0 Å². The second-order valence-electron chi connectivity index (χ2n) is 4.42. The number of anilines is 2. The predicted molar refractivity (Wildman–Crippen MR) is 84.5 cm³/mol. The highest BCUT2D eigenvalue weighted by Crippen LogP contribution is 2.15. The number of rotatable bonds is 6. The summed E-state index contributed by atoms with van der Waals surface area (Å²) in [5.74, 6) is 0.299. The summed E-state index contributed by atoms with van der Waals surface area (Å²) in [5.41, 5.74) is 0. The lowest BCUT2D eigenvalue weighted by Gasteiger charge is -1.97. The maximum Gasteiger partial charge on any atom is 0.410 e. The Kier molecular flexibility index (Phi) is 7.16. The molecule has 0 aliphatic rings. The number of carbonyl (C=O) groups is 1. The SMILES string of the molecule is CB(O)Nc1ncc(C(C)=O)o1.COc1cnc(NB(C)O)o1. The highest BCUT2D eigenvalue weighted by Gasteiger charge is 2.10. The van der Waals surface area contributed by atoms with Gasteiger partial charge in [-0.3, -0.25) is 4.79 Å². The number of methoxy groups -OCH3 is 1. The molecule has 12 heteroatoms. The topological polar surface area (TPSA) is 143 Å². The van der Waals surface area contributed by atoms with Crippen LogP contribution < -0.4 is 15.2 Å².